The number of aryl methyl sites for hydroxylation is 2. The van der Waals surface area contributed by atoms with Crippen LogP contribution in [0.15, 0.2) is 18.2 Å². The minimum Gasteiger partial charge on any atom is -0.305 e. The van der Waals surface area contributed by atoms with Crippen molar-refractivity contribution < 1.29 is 0 Å². The van der Waals surface area contributed by atoms with Crippen LogP contribution in [0.2, 0.25) is 0 Å². The number of hydrogen-bond donors (Lipinski definition) is 0. The Bertz CT molecular complexity index is 315. The molecule has 0 spiro atoms. The Morgan fingerprint density at radius 2 is 1.79 bits per heavy atom. The molecule has 0 aromatic heterocycles. The fourth-order valence-electron chi connectivity index (χ4n) is 2.25. The number of rotatable bonds is 2. The molecule has 0 amide bonds. The molecule has 0 bridgehead atoms. The summed E-state index contributed by atoms with van der Waals surface area (Å²) in [4.78, 5) is 2.23. The van der Waals surface area contributed by atoms with E-state index in [-0.39, 0.29) is 0 Å². The van der Waals surface area contributed by atoms with Gasteiger partial charge in [-0.2, -0.15) is 0 Å². The lowest BCUT2D eigenvalue weighted by molar-refractivity contribution is 0.402. The van der Waals surface area contributed by atoms with Crippen molar-refractivity contribution in [1.29, 1.82) is 0 Å². The summed E-state index contributed by atoms with van der Waals surface area (Å²) in [6, 6.07) is 7.01. The molecule has 1 aliphatic carbocycles. The molecule has 0 saturated carbocycles. The van der Waals surface area contributed by atoms with Crippen LogP contribution in [0.4, 0.5) is 0 Å². The molecule has 0 aliphatic heterocycles. The van der Waals surface area contributed by atoms with Gasteiger partial charge in [-0.05, 0) is 56.5 Å². The van der Waals surface area contributed by atoms with Crippen LogP contribution in [0.3, 0.4) is 0 Å². The summed E-state index contributed by atoms with van der Waals surface area (Å²) in [5.41, 5.74) is 4.63. The maximum Gasteiger partial charge on any atom is 0.0227 e. The van der Waals surface area contributed by atoms with Crippen molar-refractivity contribution in [3.05, 3.63) is 34.9 Å². The van der Waals surface area contributed by atoms with E-state index < -0.39 is 0 Å². The van der Waals surface area contributed by atoms with Crippen LogP contribution >= 0.6 is 0 Å². The minimum atomic E-state index is 1.06. The summed E-state index contributed by atoms with van der Waals surface area (Å²) >= 11 is 0. The summed E-state index contributed by atoms with van der Waals surface area (Å²) in [6.07, 6.45) is 5.33. The molecule has 0 heterocycles. The van der Waals surface area contributed by atoms with Gasteiger partial charge in [-0.1, -0.05) is 18.2 Å². The third-order valence-electron chi connectivity index (χ3n) is 2.91. The van der Waals surface area contributed by atoms with Crippen molar-refractivity contribution in [2.24, 2.45) is 0 Å². The van der Waals surface area contributed by atoms with Crippen LogP contribution in [-0.2, 0) is 19.4 Å². The van der Waals surface area contributed by atoms with Crippen molar-refractivity contribution in [2.75, 3.05) is 14.1 Å². The molecule has 1 aliphatic rings. The van der Waals surface area contributed by atoms with Crippen LogP contribution in [0, 0.1) is 0 Å². The average molecular weight is 189 g/mol. The Kier molecular flexibility index (Phi) is 2.87. The summed E-state index contributed by atoms with van der Waals surface area (Å²) in [7, 11) is 4.25. The fourth-order valence-corrected chi connectivity index (χ4v) is 2.25. The van der Waals surface area contributed by atoms with E-state index in [1.54, 1.807) is 11.1 Å². The average Bonchev–Trinajstić information content (AvgIpc) is 2.17. The largest absolute Gasteiger partial charge is 0.305 e. The zero-order chi connectivity index (χ0) is 9.97. The molecule has 0 unspecified atom stereocenters. The highest BCUT2D eigenvalue weighted by molar-refractivity contribution is 5.33. The summed E-state index contributed by atoms with van der Waals surface area (Å²) < 4.78 is 0. The SMILES string of the molecule is CN(C)Cc1ccc2c(c1)CCCC2. The fraction of sp³-hybridized carbons (Fsp3) is 0.538. The van der Waals surface area contributed by atoms with Gasteiger partial charge in [0.25, 0.3) is 0 Å². The van der Waals surface area contributed by atoms with Gasteiger partial charge in [-0.3, -0.25) is 0 Å². The third kappa shape index (κ3) is 2.16. The second-order valence-electron chi connectivity index (χ2n) is 4.55. The first-order valence-corrected chi connectivity index (χ1v) is 5.51. The Balaban J connectivity index is 2.20. The lowest BCUT2D eigenvalue weighted by Crippen LogP contribution is -2.11. The molecular weight excluding hydrogens is 170 g/mol. The van der Waals surface area contributed by atoms with E-state index >= 15 is 0 Å². The molecule has 0 fully saturated rings. The summed E-state index contributed by atoms with van der Waals surface area (Å²) in [5.74, 6) is 0. The molecule has 76 valence electrons. The van der Waals surface area contributed by atoms with E-state index in [1.807, 2.05) is 0 Å². The molecule has 0 saturated heterocycles. The smallest absolute Gasteiger partial charge is 0.0227 e. The zero-order valence-electron chi connectivity index (χ0n) is 9.21. The highest BCUT2D eigenvalue weighted by Crippen LogP contribution is 2.22. The molecule has 1 aromatic carbocycles. The Morgan fingerprint density at radius 1 is 1.07 bits per heavy atom. The van der Waals surface area contributed by atoms with E-state index in [4.69, 9.17) is 0 Å². The van der Waals surface area contributed by atoms with Gasteiger partial charge in [0.1, 0.15) is 0 Å². The predicted molar refractivity (Wildman–Crippen MR) is 60.5 cm³/mol. The molecule has 0 atom stereocenters. The summed E-state index contributed by atoms with van der Waals surface area (Å²) in [5, 5.41) is 0. The molecule has 1 aromatic rings. The standard InChI is InChI=1S/C13H19N/c1-14(2)10-11-7-8-12-5-3-4-6-13(12)9-11/h7-9H,3-6,10H2,1-2H3. The number of fused-ring (bicyclic) bond motifs is 1. The lowest BCUT2D eigenvalue weighted by Gasteiger charge is -2.17. The van der Waals surface area contributed by atoms with E-state index in [0.717, 1.165) is 6.54 Å². The molecule has 2 rings (SSSR count). The molecular formula is C13H19N. The molecule has 14 heavy (non-hydrogen) atoms. The van der Waals surface area contributed by atoms with Gasteiger partial charge in [0.2, 0.25) is 0 Å². The van der Waals surface area contributed by atoms with Crippen molar-refractivity contribution in [3.63, 3.8) is 0 Å². The molecule has 0 N–H and O–H groups in total. The number of hydrogen-bond acceptors (Lipinski definition) is 1. The van der Waals surface area contributed by atoms with Crippen LogP contribution in [-0.4, -0.2) is 19.0 Å². The van der Waals surface area contributed by atoms with Crippen LogP contribution in [0.25, 0.3) is 0 Å². The maximum atomic E-state index is 2.40. The first-order valence-electron chi connectivity index (χ1n) is 5.51. The predicted octanol–water partition coefficient (Wildman–Crippen LogP) is 2.63. The highest BCUT2D eigenvalue weighted by atomic mass is 15.0. The quantitative estimate of drug-likeness (QED) is 0.691. The first-order chi connectivity index (χ1) is 6.75. The molecule has 1 nitrogen and oxygen atoms in total. The molecule has 0 radical (unpaired) electrons. The van der Waals surface area contributed by atoms with E-state index in [0.29, 0.717) is 0 Å². The van der Waals surface area contributed by atoms with Gasteiger partial charge in [-0.15, -0.1) is 0 Å². The van der Waals surface area contributed by atoms with E-state index in [2.05, 4.69) is 37.2 Å². The van der Waals surface area contributed by atoms with Crippen molar-refractivity contribution >= 4 is 0 Å². The van der Waals surface area contributed by atoms with Crippen LogP contribution in [0.1, 0.15) is 29.5 Å². The second-order valence-corrected chi connectivity index (χ2v) is 4.55. The second kappa shape index (κ2) is 4.14. The van der Waals surface area contributed by atoms with E-state index in [9.17, 15) is 0 Å². The van der Waals surface area contributed by atoms with Gasteiger partial charge in [0, 0.05) is 6.54 Å². The van der Waals surface area contributed by atoms with Gasteiger partial charge in [0.15, 0.2) is 0 Å². The van der Waals surface area contributed by atoms with Crippen molar-refractivity contribution in [2.45, 2.75) is 32.2 Å². The Morgan fingerprint density at radius 3 is 2.50 bits per heavy atom. The molecule has 1 heteroatoms. The first kappa shape index (κ1) is 9.72. The number of nitrogens with zero attached hydrogens (tertiary/aromatic N) is 1. The van der Waals surface area contributed by atoms with E-state index in [1.165, 1.54) is 31.2 Å². The van der Waals surface area contributed by atoms with Crippen LogP contribution < -0.4 is 0 Å². The number of benzene rings is 1. The minimum absolute atomic E-state index is 1.06. The van der Waals surface area contributed by atoms with Gasteiger partial charge in [-0.25, -0.2) is 0 Å². The summed E-state index contributed by atoms with van der Waals surface area (Å²) in [6.45, 7) is 1.06. The Labute approximate surface area is 86.7 Å². The van der Waals surface area contributed by atoms with Crippen molar-refractivity contribution in [3.8, 4) is 0 Å². The van der Waals surface area contributed by atoms with Gasteiger partial charge in [0.05, 0.1) is 0 Å². The van der Waals surface area contributed by atoms with Crippen LogP contribution in [0.5, 0.6) is 0 Å². The van der Waals surface area contributed by atoms with Crippen molar-refractivity contribution in [1.82, 2.24) is 4.90 Å². The third-order valence-corrected chi connectivity index (χ3v) is 2.91. The maximum absolute atomic E-state index is 2.40. The topological polar surface area (TPSA) is 3.24 Å². The zero-order valence-corrected chi connectivity index (χ0v) is 9.21. The lowest BCUT2D eigenvalue weighted by atomic mass is 9.90. The Hall–Kier alpha value is -0.820. The monoisotopic (exact) mass is 189 g/mol. The van der Waals surface area contributed by atoms with Gasteiger partial charge < -0.3 is 4.90 Å². The normalized spacial score (nSPS) is 15.6. The van der Waals surface area contributed by atoms with Gasteiger partial charge >= 0.3 is 0 Å². The highest BCUT2D eigenvalue weighted by Gasteiger charge is 2.09.